The minimum atomic E-state index is 0. The van der Waals surface area contributed by atoms with Crippen LogP contribution < -0.4 is 4.90 Å². The molecule has 0 radical (unpaired) electrons. The Bertz CT molecular complexity index is 172. The van der Waals surface area contributed by atoms with Crippen molar-refractivity contribution < 1.29 is 20.4 Å². The van der Waals surface area contributed by atoms with Crippen LogP contribution in [0.4, 0.5) is 5.69 Å². The van der Waals surface area contributed by atoms with Crippen molar-refractivity contribution >= 4 is 5.69 Å². The predicted molar refractivity (Wildman–Crippen MR) is 39.6 cm³/mol. The summed E-state index contributed by atoms with van der Waals surface area (Å²) in [5.74, 6) is 0. The van der Waals surface area contributed by atoms with E-state index in [1.807, 2.05) is 38.4 Å². The number of nitrogens with zero attached hydrogens (tertiary/aromatic N) is 1. The molecule has 58 valence electrons. The summed E-state index contributed by atoms with van der Waals surface area (Å²) in [7, 11) is 4.05. The molecule has 1 nitrogen and oxygen atoms in total. The molecule has 0 heterocycles. The van der Waals surface area contributed by atoms with Crippen LogP contribution in [0.25, 0.3) is 0 Å². The molecule has 1 aromatic rings. The third-order valence-corrected chi connectivity index (χ3v) is 1.22. The zero-order valence-electron chi connectivity index (χ0n) is 6.07. The Labute approximate surface area is 75.7 Å². The zero-order chi connectivity index (χ0) is 6.69. The Morgan fingerprint density at radius 1 is 1.20 bits per heavy atom. The second kappa shape index (κ2) is 4.49. The maximum atomic E-state index is 2.96. The van der Waals surface area contributed by atoms with Crippen molar-refractivity contribution in [1.29, 1.82) is 0 Å². The largest absolute Gasteiger partial charge is 0.399 e. The molecule has 0 spiro atoms. The molecule has 0 aliphatic rings. The SMILES string of the molecule is CN(C)c1cc[c-]cc1.[Pd]. The van der Waals surface area contributed by atoms with Crippen LogP contribution in [0.5, 0.6) is 0 Å². The van der Waals surface area contributed by atoms with Crippen molar-refractivity contribution in [3.05, 3.63) is 30.3 Å². The van der Waals surface area contributed by atoms with Gasteiger partial charge in [0.1, 0.15) is 0 Å². The molecule has 10 heavy (non-hydrogen) atoms. The van der Waals surface area contributed by atoms with Gasteiger partial charge in [0, 0.05) is 34.5 Å². The van der Waals surface area contributed by atoms with Gasteiger partial charge in [-0.1, -0.05) is 5.69 Å². The summed E-state index contributed by atoms with van der Waals surface area (Å²) in [5.41, 5.74) is 1.22. The van der Waals surface area contributed by atoms with Gasteiger partial charge < -0.3 is 4.90 Å². The van der Waals surface area contributed by atoms with Crippen molar-refractivity contribution in [3.63, 3.8) is 0 Å². The number of rotatable bonds is 1. The van der Waals surface area contributed by atoms with E-state index in [1.165, 1.54) is 5.69 Å². The molecule has 0 saturated carbocycles. The number of hydrogen-bond acceptors (Lipinski definition) is 1. The molecule has 0 aliphatic carbocycles. The van der Waals surface area contributed by atoms with Crippen LogP contribution in [0, 0.1) is 6.07 Å². The summed E-state index contributed by atoms with van der Waals surface area (Å²) in [6, 6.07) is 10.8. The fraction of sp³-hybridized carbons (Fsp3) is 0.250. The molecule has 0 N–H and O–H groups in total. The molecule has 0 saturated heterocycles. The fourth-order valence-electron chi connectivity index (χ4n) is 0.676. The number of anilines is 1. The Kier molecular flexibility index (Phi) is 4.35. The molecule has 0 unspecified atom stereocenters. The van der Waals surface area contributed by atoms with Crippen LogP contribution >= 0.6 is 0 Å². The van der Waals surface area contributed by atoms with Gasteiger partial charge in [0.15, 0.2) is 0 Å². The second-order valence-corrected chi connectivity index (χ2v) is 2.15. The summed E-state index contributed by atoms with van der Waals surface area (Å²) < 4.78 is 0. The summed E-state index contributed by atoms with van der Waals surface area (Å²) in [5, 5.41) is 0. The molecule has 0 aliphatic heterocycles. The van der Waals surface area contributed by atoms with E-state index in [0.29, 0.717) is 0 Å². The van der Waals surface area contributed by atoms with E-state index in [2.05, 4.69) is 11.0 Å². The topological polar surface area (TPSA) is 3.24 Å². The van der Waals surface area contributed by atoms with Crippen LogP contribution in [0.1, 0.15) is 0 Å². The van der Waals surface area contributed by atoms with Gasteiger partial charge in [-0.3, -0.25) is 0 Å². The molecule has 0 aromatic heterocycles. The first-order valence-corrected chi connectivity index (χ1v) is 2.94. The summed E-state index contributed by atoms with van der Waals surface area (Å²) in [4.78, 5) is 2.06. The van der Waals surface area contributed by atoms with Gasteiger partial charge in [-0.15, -0.1) is 12.1 Å². The van der Waals surface area contributed by atoms with Gasteiger partial charge >= 0.3 is 0 Å². The second-order valence-electron chi connectivity index (χ2n) is 2.15. The molecule has 1 rings (SSSR count). The van der Waals surface area contributed by atoms with E-state index in [0.717, 1.165) is 0 Å². The Morgan fingerprint density at radius 2 is 1.70 bits per heavy atom. The van der Waals surface area contributed by atoms with Gasteiger partial charge in [0.2, 0.25) is 0 Å². The van der Waals surface area contributed by atoms with Crippen molar-refractivity contribution in [2.75, 3.05) is 19.0 Å². The quantitative estimate of drug-likeness (QED) is 0.519. The van der Waals surface area contributed by atoms with Crippen LogP contribution in [-0.4, -0.2) is 14.1 Å². The molecule has 0 atom stereocenters. The van der Waals surface area contributed by atoms with Crippen molar-refractivity contribution in [3.8, 4) is 0 Å². The zero-order valence-corrected chi connectivity index (χ0v) is 7.63. The first kappa shape index (κ1) is 9.68. The van der Waals surface area contributed by atoms with E-state index < -0.39 is 0 Å². The van der Waals surface area contributed by atoms with E-state index in [9.17, 15) is 0 Å². The predicted octanol–water partition coefficient (Wildman–Crippen LogP) is 1.55. The molecule has 2 heteroatoms. The van der Waals surface area contributed by atoms with Gasteiger partial charge in [0.25, 0.3) is 0 Å². The van der Waals surface area contributed by atoms with E-state index in [1.54, 1.807) is 0 Å². The van der Waals surface area contributed by atoms with Crippen LogP contribution in [-0.2, 0) is 20.4 Å². The smallest absolute Gasteiger partial charge is 0.00397 e. The summed E-state index contributed by atoms with van der Waals surface area (Å²) in [6.45, 7) is 0. The molecule has 0 bridgehead atoms. The Hall–Kier alpha value is -0.318. The monoisotopic (exact) mass is 226 g/mol. The minimum Gasteiger partial charge on any atom is -0.399 e. The third kappa shape index (κ3) is 2.51. The average Bonchev–Trinajstić information content (AvgIpc) is 1.90. The Morgan fingerprint density at radius 3 is 2.00 bits per heavy atom. The molecular formula is C8H10NPd-. The summed E-state index contributed by atoms with van der Waals surface area (Å²) >= 11 is 0. The van der Waals surface area contributed by atoms with Gasteiger partial charge in [0.05, 0.1) is 0 Å². The summed E-state index contributed by atoms with van der Waals surface area (Å²) in [6.07, 6.45) is 0. The maximum absolute atomic E-state index is 2.96. The number of hydrogen-bond donors (Lipinski definition) is 0. The molecular weight excluding hydrogens is 217 g/mol. The van der Waals surface area contributed by atoms with Gasteiger partial charge in [-0.2, -0.15) is 18.2 Å². The van der Waals surface area contributed by atoms with Crippen LogP contribution in [0.3, 0.4) is 0 Å². The Balaban J connectivity index is 0.000000810. The average molecular weight is 227 g/mol. The normalized spacial score (nSPS) is 8.20. The van der Waals surface area contributed by atoms with E-state index in [-0.39, 0.29) is 20.4 Å². The number of benzene rings is 1. The van der Waals surface area contributed by atoms with E-state index in [4.69, 9.17) is 0 Å². The van der Waals surface area contributed by atoms with Crippen LogP contribution in [0.2, 0.25) is 0 Å². The molecule has 0 fully saturated rings. The van der Waals surface area contributed by atoms with Crippen molar-refractivity contribution in [2.24, 2.45) is 0 Å². The van der Waals surface area contributed by atoms with Gasteiger partial charge in [-0.25, -0.2) is 0 Å². The van der Waals surface area contributed by atoms with E-state index >= 15 is 0 Å². The van der Waals surface area contributed by atoms with Crippen LogP contribution in [0.15, 0.2) is 24.3 Å². The van der Waals surface area contributed by atoms with Crippen molar-refractivity contribution in [2.45, 2.75) is 0 Å². The standard InChI is InChI=1S/C8H10N.Pd/c1-9(2)8-6-4-3-5-7-8;/h4-7H,1-2H3;/q-1;. The minimum absolute atomic E-state index is 0. The molecule has 0 amide bonds. The fourth-order valence-corrected chi connectivity index (χ4v) is 0.676. The van der Waals surface area contributed by atoms with Gasteiger partial charge in [-0.05, 0) is 0 Å². The first-order chi connectivity index (χ1) is 4.30. The van der Waals surface area contributed by atoms with Crippen molar-refractivity contribution in [1.82, 2.24) is 0 Å². The third-order valence-electron chi connectivity index (χ3n) is 1.22. The molecule has 1 aromatic carbocycles. The maximum Gasteiger partial charge on any atom is 0.00397 e. The first-order valence-electron chi connectivity index (χ1n) is 2.94.